The maximum Gasteiger partial charge on any atom is 0.268 e. The minimum atomic E-state index is -1.000. The van der Waals surface area contributed by atoms with Crippen molar-refractivity contribution in [1.29, 1.82) is 0 Å². The number of nitrogens with one attached hydrogen (secondary N) is 2. The summed E-state index contributed by atoms with van der Waals surface area (Å²) in [4.78, 5) is 23.2. The number of amides is 1. The molecule has 0 atom stereocenters. The number of rotatable bonds is 11. The molecule has 0 aliphatic rings. The topological polar surface area (TPSA) is 125 Å². The maximum atomic E-state index is 13.1. The molecule has 0 saturated heterocycles. The largest absolute Gasteiger partial charge is 0.440 e. The number of thiophene rings is 1. The predicted molar refractivity (Wildman–Crippen MR) is 137 cm³/mol. The molecule has 9 nitrogen and oxygen atoms in total. The van der Waals surface area contributed by atoms with Crippen molar-refractivity contribution in [3.8, 4) is 10.6 Å². The van der Waals surface area contributed by atoms with Crippen LogP contribution in [0.15, 0.2) is 40.9 Å². The number of benzene rings is 1. The number of imidazole rings is 1. The quantitative estimate of drug-likeness (QED) is 0.231. The van der Waals surface area contributed by atoms with E-state index in [0.29, 0.717) is 29.0 Å². The van der Waals surface area contributed by atoms with E-state index < -0.39 is 5.60 Å². The van der Waals surface area contributed by atoms with Gasteiger partial charge in [0.1, 0.15) is 0 Å². The summed E-state index contributed by atoms with van der Waals surface area (Å²) >= 11 is 1.31. The number of hydrogen-bond donors (Lipinski definition) is 4. The summed E-state index contributed by atoms with van der Waals surface area (Å²) in [6.07, 6.45) is 3.33. The second kappa shape index (κ2) is 10.7. The summed E-state index contributed by atoms with van der Waals surface area (Å²) in [6.45, 7) is 7.19. The molecular formula is C25H31N5O4S. The van der Waals surface area contributed by atoms with Crippen molar-refractivity contribution in [2.24, 2.45) is 0 Å². The highest BCUT2D eigenvalue weighted by Gasteiger charge is 2.22. The van der Waals surface area contributed by atoms with Crippen molar-refractivity contribution in [3.63, 3.8) is 0 Å². The Kier molecular flexibility index (Phi) is 7.66. The minimum absolute atomic E-state index is 0.202. The van der Waals surface area contributed by atoms with E-state index in [4.69, 9.17) is 9.52 Å². The smallest absolute Gasteiger partial charge is 0.268 e. The lowest BCUT2D eigenvalue weighted by atomic mass is 10.1. The van der Waals surface area contributed by atoms with Crippen LogP contribution in [0.3, 0.4) is 0 Å². The van der Waals surface area contributed by atoms with Gasteiger partial charge in [0.25, 0.3) is 5.91 Å². The summed E-state index contributed by atoms with van der Waals surface area (Å²) < 4.78 is 7.39. The molecule has 1 aromatic carbocycles. The fraction of sp³-hybridized carbons (Fsp3) is 0.400. The fourth-order valence-electron chi connectivity index (χ4n) is 3.75. The number of carbonyl (C=O) groups excluding carboxylic acids is 1. The van der Waals surface area contributed by atoms with Gasteiger partial charge in [0.15, 0.2) is 11.7 Å². The standard InChI is InChI=1S/C25H31N5O4S/c1-16-27-14-20(34-16)21-8-9-22(35-21)23(32)29-24-28-18-12-17(13-26-10-4-5-11-31)6-7-19(18)30(24)15-25(2,3)33/h6-9,12,14,26,31,33H,4-5,10-11,13,15H2,1-3H3,(H,28,29,32). The van der Waals surface area contributed by atoms with Crippen LogP contribution in [0.1, 0.15) is 47.8 Å². The lowest BCUT2D eigenvalue weighted by molar-refractivity contribution is 0.0630. The number of fused-ring (bicyclic) bond motifs is 1. The Morgan fingerprint density at radius 3 is 2.77 bits per heavy atom. The zero-order valence-electron chi connectivity index (χ0n) is 20.2. The van der Waals surface area contributed by atoms with Gasteiger partial charge in [-0.05, 0) is 63.1 Å². The van der Waals surface area contributed by atoms with Crippen molar-refractivity contribution in [3.05, 3.63) is 52.9 Å². The van der Waals surface area contributed by atoms with Gasteiger partial charge in [-0.15, -0.1) is 11.3 Å². The van der Waals surface area contributed by atoms with E-state index in [2.05, 4.69) is 20.6 Å². The normalized spacial score (nSPS) is 11.9. The number of hydrogen-bond acceptors (Lipinski definition) is 8. The Morgan fingerprint density at radius 2 is 2.06 bits per heavy atom. The number of aryl methyl sites for hydroxylation is 1. The van der Waals surface area contributed by atoms with Crippen molar-refractivity contribution in [2.75, 3.05) is 18.5 Å². The van der Waals surface area contributed by atoms with E-state index in [1.54, 1.807) is 33.0 Å². The third kappa shape index (κ3) is 6.34. The number of aromatic nitrogens is 3. The van der Waals surface area contributed by atoms with Crippen LogP contribution in [0.25, 0.3) is 21.7 Å². The molecule has 0 aliphatic heterocycles. The van der Waals surface area contributed by atoms with Gasteiger partial charge in [0, 0.05) is 20.1 Å². The average molecular weight is 498 g/mol. The molecule has 10 heteroatoms. The fourth-order valence-corrected chi connectivity index (χ4v) is 4.60. The number of aliphatic hydroxyl groups excluding tert-OH is 1. The first-order valence-corrected chi connectivity index (χ1v) is 12.4. The zero-order chi connectivity index (χ0) is 25.0. The van der Waals surface area contributed by atoms with Crippen molar-refractivity contribution >= 4 is 34.2 Å². The number of unbranched alkanes of at least 4 members (excludes halogenated alkanes) is 1. The van der Waals surface area contributed by atoms with E-state index in [9.17, 15) is 9.90 Å². The van der Waals surface area contributed by atoms with Crippen LogP contribution in [0, 0.1) is 6.92 Å². The van der Waals surface area contributed by atoms with Gasteiger partial charge in [0.2, 0.25) is 5.95 Å². The zero-order valence-corrected chi connectivity index (χ0v) is 21.0. The highest BCUT2D eigenvalue weighted by Crippen LogP contribution is 2.30. The Morgan fingerprint density at radius 1 is 1.23 bits per heavy atom. The maximum absolute atomic E-state index is 13.1. The summed E-state index contributed by atoms with van der Waals surface area (Å²) in [7, 11) is 0. The molecule has 0 aliphatic carbocycles. The van der Waals surface area contributed by atoms with Crippen LogP contribution in [-0.2, 0) is 13.1 Å². The van der Waals surface area contributed by atoms with Crippen molar-refractivity contribution in [2.45, 2.75) is 52.3 Å². The Hall–Kier alpha value is -3.05. The lowest BCUT2D eigenvalue weighted by Gasteiger charge is -2.20. The lowest BCUT2D eigenvalue weighted by Crippen LogP contribution is -2.27. The van der Waals surface area contributed by atoms with E-state index in [0.717, 1.165) is 40.9 Å². The van der Waals surface area contributed by atoms with E-state index in [-0.39, 0.29) is 19.1 Å². The molecule has 186 valence electrons. The SMILES string of the molecule is Cc1ncc(-c2ccc(C(=O)Nc3nc4cc(CNCCCCO)ccc4n3CC(C)(C)O)s2)o1. The van der Waals surface area contributed by atoms with E-state index >= 15 is 0 Å². The number of oxazole rings is 1. The van der Waals surface area contributed by atoms with Gasteiger partial charge in [-0.3, -0.25) is 10.1 Å². The highest BCUT2D eigenvalue weighted by atomic mass is 32.1. The molecule has 4 aromatic rings. The third-order valence-corrected chi connectivity index (χ3v) is 6.47. The number of nitrogens with zero attached hydrogens (tertiary/aromatic N) is 3. The molecule has 4 rings (SSSR count). The summed E-state index contributed by atoms with van der Waals surface area (Å²) in [5.41, 5.74) is 1.64. The van der Waals surface area contributed by atoms with Gasteiger partial charge >= 0.3 is 0 Å². The molecule has 0 radical (unpaired) electrons. The van der Waals surface area contributed by atoms with Crippen LogP contribution in [0.4, 0.5) is 5.95 Å². The summed E-state index contributed by atoms with van der Waals surface area (Å²) in [5.74, 6) is 1.29. The molecule has 0 bridgehead atoms. The van der Waals surface area contributed by atoms with Gasteiger partial charge in [-0.1, -0.05) is 6.07 Å². The first kappa shape index (κ1) is 25.1. The Labute approximate surface area is 207 Å². The molecule has 0 fully saturated rings. The molecule has 0 saturated carbocycles. The van der Waals surface area contributed by atoms with Crippen LogP contribution < -0.4 is 10.6 Å². The summed E-state index contributed by atoms with van der Waals surface area (Å²) in [5, 5.41) is 25.7. The first-order valence-electron chi connectivity index (χ1n) is 11.6. The van der Waals surface area contributed by atoms with E-state index in [1.807, 2.05) is 28.8 Å². The van der Waals surface area contributed by atoms with Crippen molar-refractivity contribution in [1.82, 2.24) is 19.9 Å². The molecule has 1 amide bonds. The molecule has 3 heterocycles. The second-order valence-electron chi connectivity index (χ2n) is 9.13. The minimum Gasteiger partial charge on any atom is -0.440 e. The van der Waals surface area contributed by atoms with Crippen LogP contribution in [-0.4, -0.2) is 49.4 Å². The van der Waals surface area contributed by atoms with Gasteiger partial charge in [-0.2, -0.15) is 0 Å². The highest BCUT2D eigenvalue weighted by molar-refractivity contribution is 7.17. The average Bonchev–Trinajstić information content (AvgIpc) is 3.52. The van der Waals surface area contributed by atoms with Crippen LogP contribution in [0.2, 0.25) is 0 Å². The predicted octanol–water partition coefficient (Wildman–Crippen LogP) is 3.95. The molecule has 3 aromatic heterocycles. The molecule has 4 N–H and O–H groups in total. The van der Waals surface area contributed by atoms with Gasteiger partial charge in [0.05, 0.1) is 39.1 Å². The number of anilines is 1. The molecular weight excluding hydrogens is 466 g/mol. The number of carbonyl (C=O) groups is 1. The van der Waals surface area contributed by atoms with Crippen LogP contribution in [0.5, 0.6) is 0 Å². The van der Waals surface area contributed by atoms with Crippen molar-refractivity contribution < 1.29 is 19.4 Å². The van der Waals surface area contributed by atoms with Gasteiger partial charge in [-0.25, -0.2) is 9.97 Å². The third-order valence-electron chi connectivity index (χ3n) is 5.37. The Bertz CT molecular complexity index is 1300. The monoisotopic (exact) mass is 497 g/mol. The first-order chi connectivity index (χ1) is 16.7. The van der Waals surface area contributed by atoms with Crippen LogP contribution >= 0.6 is 11.3 Å². The second-order valence-corrected chi connectivity index (χ2v) is 10.2. The van der Waals surface area contributed by atoms with E-state index in [1.165, 1.54) is 11.3 Å². The molecule has 0 unspecified atom stereocenters. The summed E-state index contributed by atoms with van der Waals surface area (Å²) in [6, 6.07) is 9.54. The van der Waals surface area contributed by atoms with Gasteiger partial charge < -0.3 is 24.5 Å². The Balaban J connectivity index is 1.56. The molecule has 0 spiro atoms. The number of aliphatic hydroxyl groups is 2. The molecule has 35 heavy (non-hydrogen) atoms.